The molecular weight excluding hydrogens is 469 g/mol. The highest BCUT2D eigenvalue weighted by Crippen LogP contribution is 2.40. The number of alkyl halides is 3. The zero-order valence-corrected chi connectivity index (χ0v) is 20.0. The smallest absolute Gasteiger partial charge is 0.309 e. The Morgan fingerprint density at radius 1 is 0.970 bits per heavy atom. The van der Waals surface area contributed by atoms with E-state index in [1.165, 1.54) is 27.9 Å². The van der Waals surface area contributed by atoms with Crippen LogP contribution in [0.2, 0.25) is 0 Å². The second kappa shape index (κ2) is 8.70. The van der Waals surface area contributed by atoms with E-state index in [-0.39, 0.29) is 15.8 Å². The summed E-state index contributed by atoms with van der Waals surface area (Å²) in [5.41, 5.74) is -0.161. The summed E-state index contributed by atoms with van der Waals surface area (Å²) in [6.45, 7) is 2.35. The molecule has 0 spiro atoms. The molecule has 0 atom stereocenters. The number of nitrogens with zero attached hydrogens (tertiary/aromatic N) is 2. The molecule has 1 aromatic heterocycles. The number of thioether (sulfide) groups is 1. The monoisotopic (exact) mass is 492 g/mol. The number of hydrogen-bond donors (Lipinski definition) is 0. The first-order chi connectivity index (χ1) is 15.5. The SMILES string of the molecule is Cc1c(SCCN(C)C)c2cc(C(F)(F)F)ccc2n1S(=O)(=O)c1cccc2ccccc12. The third kappa shape index (κ3) is 4.37. The van der Waals surface area contributed by atoms with Crippen LogP contribution < -0.4 is 0 Å². The lowest BCUT2D eigenvalue weighted by Crippen LogP contribution is -2.15. The molecule has 0 N–H and O–H groups in total. The molecule has 9 heteroatoms. The fraction of sp³-hybridized carbons (Fsp3) is 0.250. The average Bonchev–Trinajstić information content (AvgIpc) is 3.04. The summed E-state index contributed by atoms with van der Waals surface area (Å²) < 4.78 is 69.3. The maximum absolute atomic E-state index is 13.9. The molecule has 0 bridgehead atoms. The van der Waals surface area contributed by atoms with Gasteiger partial charge in [-0.1, -0.05) is 36.4 Å². The van der Waals surface area contributed by atoms with Crippen LogP contribution >= 0.6 is 11.8 Å². The van der Waals surface area contributed by atoms with Gasteiger partial charge in [0, 0.05) is 33.7 Å². The van der Waals surface area contributed by atoms with Gasteiger partial charge in [0.2, 0.25) is 0 Å². The summed E-state index contributed by atoms with van der Waals surface area (Å²) in [4.78, 5) is 2.63. The maximum atomic E-state index is 13.9. The molecule has 0 radical (unpaired) electrons. The third-order valence-electron chi connectivity index (χ3n) is 5.47. The summed E-state index contributed by atoms with van der Waals surface area (Å²) in [5.74, 6) is 0.609. The van der Waals surface area contributed by atoms with Gasteiger partial charge in [0.1, 0.15) is 0 Å². The summed E-state index contributed by atoms with van der Waals surface area (Å²) in [5, 5.41) is 1.62. The minimum absolute atomic E-state index is 0.116. The Balaban J connectivity index is 1.97. The van der Waals surface area contributed by atoms with E-state index >= 15 is 0 Å². The van der Waals surface area contributed by atoms with Crippen molar-refractivity contribution in [2.45, 2.75) is 22.9 Å². The fourth-order valence-corrected chi connectivity index (χ4v) is 7.00. The molecule has 174 valence electrons. The Morgan fingerprint density at radius 3 is 2.36 bits per heavy atom. The Labute approximate surface area is 195 Å². The molecular formula is C24H23F3N2O2S2. The van der Waals surface area contributed by atoms with Crippen molar-refractivity contribution in [1.29, 1.82) is 0 Å². The molecule has 0 saturated heterocycles. The highest BCUT2D eigenvalue weighted by Gasteiger charge is 2.33. The van der Waals surface area contributed by atoms with Gasteiger partial charge >= 0.3 is 6.18 Å². The van der Waals surface area contributed by atoms with Gasteiger partial charge in [-0.3, -0.25) is 0 Å². The van der Waals surface area contributed by atoms with Crippen LogP contribution in [0.5, 0.6) is 0 Å². The molecule has 0 aliphatic heterocycles. The molecule has 0 aliphatic rings. The minimum atomic E-state index is -4.52. The van der Waals surface area contributed by atoms with E-state index in [0.717, 1.165) is 17.5 Å². The maximum Gasteiger partial charge on any atom is 0.416 e. The van der Waals surface area contributed by atoms with E-state index in [0.29, 0.717) is 28.3 Å². The van der Waals surface area contributed by atoms with Gasteiger partial charge in [0.25, 0.3) is 10.0 Å². The normalized spacial score (nSPS) is 12.8. The molecule has 0 unspecified atom stereocenters. The van der Waals surface area contributed by atoms with Gasteiger partial charge in [-0.25, -0.2) is 12.4 Å². The van der Waals surface area contributed by atoms with Crippen LogP contribution in [0.1, 0.15) is 11.3 Å². The van der Waals surface area contributed by atoms with Crippen LogP contribution in [0.3, 0.4) is 0 Å². The van der Waals surface area contributed by atoms with E-state index in [1.54, 1.807) is 25.1 Å². The van der Waals surface area contributed by atoms with Crippen molar-refractivity contribution in [1.82, 2.24) is 8.87 Å². The predicted octanol–water partition coefficient (Wildman–Crippen LogP) is 6.01. The lowest BCUT2D eigenvalue weighted by molar-refractivity contribution is -0.137. The van der Waals surface area contributed by atoms with Gasteiger partial charge < -0.3 is 4.90 Å². The molecule has 4 nitrogen and oxygen atoms in total. The lowest BCUT2D eigenvalue weighted by Gasteiger charge is -2.13. The van der Waals surface area contributed by atoms with E-state index in [1.807, 2.05) is 37.2 Å². The summed E-state index contributed by atoms with van der Waals surface area (Å²) in [6.07, 6.45) is -4.52. The van der Waals surface area contributed by atoms with Crippen LogP contribution in [0.25, 0.3) is 21.7 Å². The number of halogens is 3. The van der Waals surface area contributed by atoms with Crippen LogP contribution in [0.15, 0.2) is 70.5 Å². The van der Waals surface area contributed by atoms with Gasteiger partial charge in [0.15, 0.2) is 0 Å². The van der Waals surface area contributed by atoms with Crippen molar-refractivity contribution in [3.63, 3.8) is 0 Å². The topological polar surface area (TPSA) is 42.3 Å². The van der Waals surface area contributed by atoms with Gasteiger partial charge in [-0.05, 0) is 50.7 Å². The van der Waals surface area contributed by atoms with Crippen molar-refractivity contribution in [3.05, 3.63) is 71.9 Å². The van der Waals surface area contributed by atoms with Crippen molar-refractivity contribution in [2.75, 3.05) is 26.4 Å². The molecule has 0 amide bonds. The second-order valence-corrected chi connectivity index (χ2v) is 10.9. The van der Waals surface area contributed by atoms with Gasteiger partial charge in [-0.2, -0.15) is 13.2 Å². The highest BCUT2D eigenvalue weighted by atomic mass is 32.2. The molecule has 0 fully saturated rings. The fourth-order valence-electron chi connectivity index (χ4n) is 3.88. The quantitative estimate of drug-likeness (QED) is 0.309. The van der Waals surface area contributed by atoms with Crippen LogP contribution in [0.4, 0.5) is 13.2 Å². The Kier molecular flexibility index (Phi) is 6.24. The number of fused-ring (bicyclic) bond motifs is 2. The van der Waals surface area contributed by atoms with Crippen LogP contribution in [-0.2, 0) is 16.2 Å². The first-order valence-electron chi connectivity index (χ1n) is 10.2. The van der Waals surface area contributed by atoms with E-state index in [4.69, 9.17) is 0 Å². The second-order valence-electron chi connectivity index (χ2n) is 8.04. The van der Waals surface area contributed by atoms with E-state index in [2.05, 4.69) is 0 Å². The molecule has 4 aromatic rings. The van der Waals surface area contributed by atoms with Gasteiger partial charge in [-0.15, -0.1) is 11.8 Å². The first kappa shape index (κ1) is 23.7. The lowest BCUT2D eigenvalue weighted by atomic mass is 10.1. The first-order valence-corrected chi connectivity index (χ1v) is 12.7. The summed E-state index contributed by atoms with van der Waals surface area (Å²) in [6, 6.07) is 15.4. The van der Waals surface area contributed by atoms with Crippen molar-refractivity contribution in [2.24, 2.45) is 0 Å². The number of hydrogen-bond acceptors (Lipinski definition) is 4. The molecule has 3 aromatic carbocycles. The van der Waals surface area contributed by atoms with E-state index < -0.39 is 21.8 Å². The summed E-state index contributed by atoms with van der Waals surface area (Å²) in [7, 11) is -0.268. The summed E-state index contributed by atoms with van der Waals surface area (Å²) >= 11 is 1.37. The van der Waals surface area contributed by atoms with Crippen molar-refractivity contribution in [3.8, 4) is 0 Å². The zero-order valence-electron chi connectivity index (χ0n) is 18.3. The average molecular weight is 493 g/mol. The molecule has 0 saturated carbocycles. The highest BCUT2D eigenvalue weighted by molar-refractivity contribution is 7.99. The molecule has 4 rings (SSSR count). The molecule has 33 heavy (non-hydrogen) atoms. The Morgan fingerprint density at radius 2 is 1.67 bits per heavy atom. The number of aromatic nitrogens is 1. The minimum Gasteiger partial charge on any atom is -0.309 e. The Bertz CT molecular complexity index is 1440. The van der Waals surface area contributed by atoms with Crippen LogP contribution in [-0.4, -0.2) is 43.7 Å². The zero-order chi connectivity index (χ0) is 24.0. The van der Waals surface area contributed by atoms with Crippen molar-refractivity contribution >= 4 is 43.5 Å². The van der Waals surface area contributed by atoms with Crippen molar-refractivity contribution < 1.29 is 21.6 Å². The third-order valence-corrected chi connectivity index (χ3v) is 8.53. The number of benzene rings is 3. The van der Waals surface area contributed by atoms with E-state index in [9.17, 15) is 21.6 Å². The van der Waals surface area contributed by atoms with Gasteiger partial charge in [0.05, 0.1) is 16.0 Å². The molecule has 0 aliphatic carbocycles. The van der Waals surface area contributed by atoms with Crippen LogP contribution in [0, 0.1) is 6.92 Å². The molecule has 1 heterocycles. The Hall–Kier alpha value is -2.49. The number of rotatable bonds is 6. The largest absolute Gasteiger partial charge is 0.416 e. The standard InChI is InChI=1S/C24H23F3N2O2S2/c1-16-23(32-14-13-28(2)3)20-15-18(24(25,26)27)11-12-21(20)29(16)33(30,31)22-10-6-8-17-7-4-5-9-19(17)22/h4-12,15H,13-14H2,1-3H3. The predicted molar refractivity (Wildman–Crippen MR) is 127 cm³/mol.